The Labute approximate surface area is 187 Å². The third kappa shape index (κ3) is 5.38. The van der Waals surface area contributed by atoms with Crippen LogP contribution in [-0.4, -0.2) is 33.7 Å². The number of hydrogen-bond donors (Lipinski definition) is 2. The van der Waals surface area contributed by atoms with E-state index in [9.17, 15) is 19.7 Å². The van der Waals surface area contributed by atoms with Crippen LogP contribution in [0.2, 0.25) is 5.02 Å². The first-order valence-electron chi connectivity index (χ1n) is 8.10. The molecule has 154 valence electrons. The predicted octanol–water partition coefficient (Wildman–Crippen LogP) is 4.37. The summed E-state index contributed by atoms with van der Waals surface area (Å²) in [6.45, 7) is -0.470. The molecule has 0 aliphatic carbocycles. The first-order valence-corrected chi connectivity index (χ1v) is 10.1. The van der Waals surface area contributed by atoms with Crippen LogP contribution >= 0.6 is 39.3 Å². The molecule has 0 radical (unpaired) electrons. The number of aliphatic carboxylic acids is 1. The lowest BCUT2D eigenvalue weighted by Gasteiger charge is -2.06. The van der Waals surface area contributed by atoms with Crippen LogP contribution in [-0.2, 0) is 9.59 Å². The number of nitro benzene ring substituents is 1. The fraction of sp³-hybridized carbons (Fsp3) is 0.0556. The maximum Gasteiger partial charge on any atom is 0.341 e. The van der Waals surface area contributed by atoms with E-state index in [1.165, 1.54) is 18.2 Å². The molecule has 9 nitrogen and oxygen atoms in total. The summed E-state index contributed by atoms with van der Waals surface area (Å²) in [5.74, 6) is -1.09. The molecule has 2 aromatic carbocycles. The Morgan fingerprint density at radius 3 is 2.77 bits per heavy atom. The summed E-state index contributed by atoms with van der Waals surface area (Å²) in [6, 6.07) is 8.79. The minimum absolute atomic E-state index is 0.0878. The van der Waals surface area contributed by atoms with Gasteiger partial charge in [-0.3, -0.25) is 14.9 Å². The van der Waals surface area contributed by atoms with E-state index in [4.69, 9.17) is 21.4 Å². The van der Waals surface area contributed by atoms with Gasteiger partial charge in [-0.2, -0.15) is 0 Å². The van der Waals surface area contributed by atoms with Crippen LogP contribution in [0.15, 0.2) is 50.8 Å². The van der Waals surface area contributed by atoms with Crippen molar-refractivity contribution in [3.8, 4) is 5.75 Å². The van der Waals surface area contributed by atoms with Gasteiger partial charge in [-0.05, 0) is 57.5 Å². The topological polar surface area (TPSA) is 131 Å². The molecule has 30 heavy (non-hydrogen) atoms. The molecule has 1 fully saturated rings. The predicted molar refractivity (Wildman–Crippen MR) is 116 cm³/mol. The van der Waals surface area contributed by atoms with Crippen LogP contribution in [0.4, 0.5) is 11.4 Å². The average molecular weight is 513 g/mol. The second kappa shape index (κ2) is 9.28. The molecule has 0 aromatic heterocycles. The number of carbonyl (C=O) groups excluding carboxylic acids is 1. The zero-order chi connectivity index (χ0) is 21.8. The third-order valence-electron chi connectivity index (χ3n) is 3.62. The maximum absolute atomic E-state index is 12.2. The summed E-state index contributed by atoms with van der Waals surface area (Å²) in [5, 5.41) is 22.4. The average Bonchev–Trinajstić information content (AvgIpc) is 3.01. The highest BCUT2D eigenvalue weighted by atomic mass is 79.9. The molecule has 2 N–H and O–H groups in total. The van der Waals surface area contributed by atoms with Crippen LogP contribution < -0.4 is 10.1 Å². The molecule has 1 amide bonds. The second-order valence-electron chi connectivity index (χ2n) is 5.75. The zero-order valence-corrected chi connectivity index (χ0v) is 18.0. The van der Waals surface area contributed by atoms with Crippen molar-refractivity contribution in [3.05, 3.63) is 66.5 Å². The SMILES string of the molecule is O=C(O)COc1ccc(/C=C2/SC(=Nc3ccc([N+](=O)[O-])cc3Cl)NC2=O)cc1Br. The summed E-state index contributed by atoms with van der Waals surface area (Å²) in [7, 11) is 0. The number of thioether (sulfide) groups is 1. The molecule has 3 rings (SSSR count). The number of nitro groups is 1. The standard InChI is InChI=1S/C18H11BrClN3O6S/c19-11-5-9(1-4-14(11)29-8-16(24)25)6-15-17(26)22-18(30-15)21-13-3-2-10(23(27)28)7-12(13)20/h1-7H,8H2,(H,24,25)(H,21,22,26)/b15-6+. The number of nitrogens with one attached hydrogen (secondary N) is 1. The highest BCUT2D eigenvalue weighted by Gasteiger charge is 2.24. The van der Waals surface area contributed by atoms with Crippen molar-refractivity contribution < 1.29 is 24.4 Å². The molecule has 0 spiro atoms. The molecule has 0 unspecified atom stereocenters. The molecule has 0 atom stereocenters. The highest BCUT2D eigenvalue weighted by molar-refractivity contribution is 9.10. The quantitative estimate of drug-likeness (QED) is 0.334. The molecule has 1 aliphatic heterocycles. The fourth-order valence-electron chi connectivity index (χ4n) is 2.30. The van der Waals surface area contributed by atoms with Crippen LogP contribution in [0.5, 0.6) is 5.75 Å². The van der Waals surface area contributed by atoms with E-state index in [2.05, 4.69) is 26.2 Å². The first-order chi connectivity index (χ1) is 14.2. The number of nitrogens with zero attached hydrogens (tertiary/aromatic N) is 2. The van der Waals surface area contributed by atoms with E-state index in [0.29, 0.717) is 20.7 Å². The normalized spacial score (nSPS) is 16.0. The van der Waals surface area contributed by atoms with E-state index in [1.54, 1.807) is 24.3 Å². The van der Waals surface area contributed by atoms with E-state index < -0.39 is 17.5 Å². The minimum atomic E-state index is -1.09. The number of non-ortho nitro benzene ring substituents is 1. The number of benzene rings is 2. The lowest BCUT2D eigenvalue weighted by molar-refractivity contribution is -0.384. The van der Waals surface area contributed by atoms with Gasteiger partial charge in [0.1, 0.15) is 5.75 Å². The van der Waals surface area contributed by atoms with E-state index in [0.717, 1.165) is 11.8 Å². The third-order valence-corrected chi connectivity index (χ3v) is 5.45. The summed E-state index contributed by atoms with van der Waals surface area (Å²) in [5.41, 5.74) is 0.805. The maximum atomic E-state index is 12.2. The number of aliphatic imine (C=N–C) groups is 1. The van der Waals surface area contributed by atoms with E-state index in [-0.39, 0.29) is 27.5 Å². The summed E-state index contributed by atoms with van der Waals surface area (Å²) in [6.07, 6.45) is 1.63. The van der Waals surface area contributed by atoms with Crippen LogP contribution in [0.1, 0.15) is 5.56 Å². The lowest BCUT2D eigenvalue weighted by atomic mass is 10.2. The number of rotatable bonds is 6. The van der Waals surface area contributed by atoms with Crippen molar-refractivity contribution in [2.24, 2.45) is 4.99 Å². The largest absolute Gasteiger partial charge is 0.481 e. The van der Waals surface area contributed by atoms with Crippen LogP contribution in [0.25, 0.3) is 6.08 Å². The van der Waals surface area contributed by atoms with Gasteiger partial charge in [0.25, 0.3) is 11.6 Å². The van der Waals surface area contributed by atoms with Gasteiger partial charge in [-0.15, -0.1) is 0 Å². The van der Waals surface area contributed by atoms with Crippen molar-refractivity contribution >= 4 is 73.8 Å². The van der Waals surface area contributed by atoms with E-state index in [1.807, 2.05) is 0 Å². The van der Waals surface area contributed by atoms with Crippen molar-refractivity contribution in [3.63, 3.8) is 0 Å². The number of halogens is 2. The summed E-state index contributed by atoms with van der Waals surface area (Å²) in [4.78, 5) is 37.7. The van der Waals surface area contributed by atoms with Gasteiger partial charge in [0.15, 0.2) is 11.8 Å². The molecule has 1 heterocycles. The fourth-order valence-corrected chi connectivity index (χ4v) is 3.87. The molecule has 12 heteroatoms. The summed E-state index contributed by atoms with van der Waals surface area (Å²) < 4.78 is 5.67. The monoisotopic (exact) mass is 511 g/mol. The number of hydrogen-bond acceptors (Lipinski definition) is 7. The van der Waals surface area contributed by atoms with Crippen LogP contribution in [0, 0.1) is 10.1 Å². The van der Waals surface area contributed by atoms with Crippen molar-refractivity contribution in [1.29, 1.82) is 0 Å². The molecule has 1 saturated heterocycles. The van der Waals surface area contributed by atoms with Gasteiger partial charge in [-0.25, -0.2) is 9.79 Å². The smallest absolute Gasteiger partial charge is 0.341 e. The number of ether oxygens (including phenoxy) is 1. The summed E-state index contributed by atoms with van der Waals surface area (Å²) >= 11 is 10.4. The Morgan fingerprint density at radius 2 is 2.13 bits per heavy atom. The zero-order valence-electron chi connectivity index (χ0n) is 14.8. The highest BCUT2D eigenvalue weighted by Crippen LogP contribution is 2.34. The Morgan fingerprint density at radius 1 is 1.37 bits per heavy atom. The molecule has 2 aromatic rings. The van der Waals surface area contributed by atoms with Gasteiger partial charge >= 0.3 is 5.97 Å². The Balaban J connectivity index is 1.78. The van der Waals surface area contributed by atoms with Crippen LogP contribution in [0.3, 0.4) is 0 Å². The molecular weight excluding hydrogens is 502 g/mol. The molecule has 1 aliphatic rings. The van der Waals surface area contributed by atoms with Crippen molar-refractivity contribution in [2.45, 2.75) is 0 Å². The Hall–Kier alpha value is -2.89. The number of carboxylic acid groups (broad SMARTS) is 1. The first kappa shape index (κ1) is 21.8. The molecular formula is C18H11BrClN3O6S. The molecule has 0 bridgehead atoms. The number of carboxylic acids is 1. The van der Waals surface area contributed by atoms with Gasteiger partial charge in [0.05, 0.1) is 25.0 Å². The Bertz CT molecular complexity index is 1120. The van der Waals surface area contributed by atoms with Gasteiger partial charge in [0, 0.05) is 12.1 Å². The minimum Gasteiger partial charge on any atom is -0.481 e. The lowest BCUT2D eigenvalue weighted by Crippen LogP contribution is -2.19. The van der Waals surface area contributed by atoms with Crippen molar-refractivity contribution in [1.82, 2.24) is 5.32 Å². The van der Waals surface area contributed by atoms with Crippen molar-refractivity contribution in [2.75, 3.05) is 6.61 Å². The second-order valence-corrected chi connectivity index (χ2v) is 8.04. The number of carbonyl (C=O) groups is 2. The van der Waals surface area contributed by atoms with Gasteiger partial charge < -0.3 is 15.2 Å². The Kier molecular flexibility index (Phi) is 6.75. The van der Waals surface area contributed by atoms with Gasteiger partial charge in [0.2, 0.25) is 0 Å². The molecule has 0 saturated carbocycles. The number of amides is 1. The van der Waals surface area contributed by atoms with E-state index >= 15 is 0 Å². The van der Waals surface area contributed by atoms with Gasteiger partial charge in [-0.1, -0.05) is 17.7 Å². The number of amidine groups is 1.